The highest BCUT2D eigenvalue weighted by Gasteiger charge is 1.95. The molecule has 3 heteroatoms. The topological polar surface area (TPSA) is 41.5 Å². The Kier molecular flexibility index (Phi) is 7.45. The van der Waals surface area contributed by atoms with E-state index in [0.717, 1.165) is 19.8 Å². The van der Waals surface area contributed by atoms with Crippen molar-refractivity contribution in [2.24, 2.45) is 5.92 Å². The first-order valence-corrected chi connectivity index (χ1v) is 4.59. The van der Waals surface area contributed by atoms with Gasteiger partial charge >= 0.3 is 0 Å². The maximum absolute atomic E-state index is 8.89. The molecule has 0 rings (SSSR count). The SMILES string of the molecule is CC(C)COCCNCC(C)O. The third-order valence-corrected chi connectivity index (χ3v) is 1.31. The number of aliphatic hydroxyl groups is 1. The van der Waals surface area contributed by atoms with Crippen molar-refractivity contribution >= 4 is 0 Å². The Balaban J connectivity index is 2.91. The van der Waals surface area contributed by atoms with Gasteiger partial charge in [0.2, 0.25) is 0 Å². The van der Waals surface area contributed by atoms with Crippen molar-refractivity contribution in [2.75, 3.05) is 26.3 Å². The maximum Gasteiger partial charge on any atom is 0.0636 e. The minimum Gasteiger partial charge on any atom is -0.392 e. The van der Waals surface area contributed by atoms with Gasteiger partial charge in [0, 0.05) is 19.7 Å². The van der Waals surface area contributed by atoms with Gasteiger partial charge in [-0.05, 0) is 12.8 Å². The van der Waals surface area contributed by atoms with Crippen LogP contribution in [0.15, 0.2) is 0 Å². The van der Waals surface area contributed by atoms with Gasteiger partial charge in [-0.3, -0.25) is 0 Å². The van der Waals surface area contributed by atoms with Crippen LogP contribution >= 0.6 is 0 Å². The predicted octanol–water partition coefficient (Wildman–Crippen LogP) is 0.629. The standard InChI is InChI=1S/C9H21NO2/c1-8(2)7-12-5-4-10-6-9(3)11/h8-11H,4-7H2,1-3H3. The van der Waals surface area contributed by atoms with Gasteiger partial charge in [-0.25, -0.2) is 0 Å². The van der Waals surface area contributed by atoms with Crippen LogP contribution in [-0.4, -0.2) is 37.5 Å². The normalized spacial score (nSPS) is 13.8. The van der Waals surface area contributed by atoms with Gasteiger partial charge in [-0.2, -0.15) is 0 Å². The molecule has 0 amide bonds. The van der Waals surface area contributed by atoms with Crippen LogP contribution < -0.4 is 5.32 Å². The molecule has 0 heterocycles. The average Bonchev–Trinajstić information content (AvgIpc) is 1.95. The van der Waals surface area contributed by atoms with Crippen molar-refractivity contribution < 1.29 is 9.84 Å². The van der Waals surface area contributed by atoms with Crippen LogP contribution in [0.1, 0.15) is 20.8 Å². The van der Waals surface area contributed by atoms with Crippen LogP contribution in [0, 0.1) is 5.92 Å². The summed E-state index contributed by atoms with van der Waals surface area (Å²) < 4.78 is 5.33. The first-order chi connectivity index (χ1) is 5.63. The summed E-state index contributed by atoms with van der Waals surface area (Å²) in [6.45, 7) is 9.03. The molecule has 0 saturated carbocycles. The average molecular weight is 175 g/mol. The number of hydrogen-bond acceptors (Lipinski definition) is 3. The second-order valence-corrected chi connectivity index (χ2v) is 3.52. The quantitative estimate of drug-likeness (QED) is 0.558. The zero-order chi connectivity index (χ0) is 9.40. The minimum absolute atomic E-state index is 0.268. The first kappa shape index (κ1) is 11.9. The second kappa shape index (κ2) is 7.53. The number of rotatable bonds is 7. The number of nitrogens with one attached hydrogen (secondary N) is 1. The van der Waals surface area contributed by atoms with Crippen molar-refractivity contribution in [1.82, 2.24) is 5.32 Å². The Morgan fingerprint density at radius 2 is 2.00 bits per heavy atom. The van der Waals surface area contributed by atoms with Crippen LogP contribution in [0.5, 0.6) is 0 Å². The van der Waals surface area contributed by atoms with E-state index < -0.39 is 0 Å². The zero-order valence-corrected chi connectivity index (χ0v) is 8.34. The molecule has 0 aliphatic rings. The smallest absolute Gasteiger partial charge is 0.0636 e. The lowest BCUT2D eigenvalue weighted by Gasteiger charge is -2.08. The summed E-state index contributed by atoms with van der Waals surface area (Å²) in [7, 11) is 0. The molecule has 0 aliphatic carbocycles. The number of ether oxygens (including phenoxy) is 1. The van der Waals surface area contributed by atoms with E-state index in [1.54, 1.807) is 6.92 Å². The third kappa shape index (κ3) is 9.88. The highest BCUT2D eigenvalue weighted by Crippen LogP contribution is 1.90. The summed E-state index contributed by atoms with van der Waals surface area (Å²) in [6, 6.07) is 0. The van der Waals surface area contributed by atoms with Crippen molar-refractivity contribution in [3.05, 3.63) is 0 Å². The molecule has 74 valence electrons. The van der Waals surface area contributed by atoms with E-state index >= 15 is 0 Å². The molecule has 0 bridgehead atoms. The molecule has 2 N–H and O–H groups in total. The predicted molar refractivity (Wildman–Crippen MR) is 50.2 cm³/mol. The highest BCUT2D eigenvalue weighted by atomic mass is 16.5. The van der Waals surface area contributed by atoms with Gasteiger partial charge in [0.25, 0.3) is 0 Å². The second-order valence-electron chi connectivity index (χ2n) is 3.52. The van der Waals surface area contributed by atoms with E-state index in [9.17, 15) is 0 Å². The first-order valence-electron chi connectivity index (χ1n) is 4.59. The van der Waals surface area contributed by atoms with E-state index in [4.69, 9.17) is 9.84 Å². The molecule has 0 aliphatic heterocycles. The van der Waals surface area contributed by atoms with Gasteiger partial charge in [0.1, 0.15) is 0 Å². The zero-order valence-electron chi connectivity index (χ0n) is 8.34. The van der Waals surface area contributed by atoms with Crippen LogP contribution in [0.4, 0.5) is 0 Å². The van der Waals surface area contributed by atoms with Gasteiger partial charge in [-0.15, -0.1) is 0 Å². The lowest BCUT2D eigenvalue weighted by molar-refractivity contribution is 0.108. The van der Waals surface area contributed by atoms with Crippen LogP contribution in [0.3, 0.4) is 0 Å². The summed E-state index contributed by atoms with van der Waals surface area (Å²) in [5, 5.41) is 12.0. The van der Waals surface area contributed by atoms with E-state index in [0.29, 0.717) is 12.5 Å². The van der Waals surface area contributed by atoms with E-state index in [1.807, 2.05) is 0 Å². The van der Waals surface area contributed by atoms with Crippen LogP contribution in [0.25, 0.3) is 0 Å². The van der Waals surface area contributed by atoms with Crippen LogP contribution in [-0.2, 0) is 4.74 Å². The molecule has 1 atom stereocenters. The van der Waals surface area contributed by atoms with Gasteiger partial charge in [0.15, 0.2) is 0 Å². The van der Waals surface area contributed by atoms with Crippen molar-refractivity contribution in [3.8, 4) is 0 Å². The molecular formula is C9H21NO2. The summed E-state index contributed by atoms with van der Waals surface area (Å²) in [5.74, 6) is 0.599. The lowest BCUT2D eigenvalue weighted by Crippen LogP contribution is -2.27. The summed E-state index contributed by atoms with van der Waals surface area (Å²) in [5.41, 5.74) is 0. The Morgan fingerprint density at radius 1 is 1.33 bits per heavy atom. The largest absolute Gasteiger partial charge is 0.392 e. The summed E-state index contributed by atoms with van der Waals surface area (Å²) >= 11 is 0. The monoisotopic (exact) mass is 175 g/mol. The maximum atomic E-state index is 8.89. The molecule has 1 unspecified atom stereocenters. The Hall–Kier alpha value is -0.120. The number of hydrogen-bond donors (Lipinski definition) is 2. The Labute approximate surface area is 75.1 Å². The lowest BCUT2D eigenvalue weighted by atomic mass is 10.2. The number of aliphatic hydroxyl groups excluding tert-OH is 1. The molecule has 0 spiro atoms. The van der Waals surface area contributed by atoms with E-state index in [2.05, 4.69) is 19.2 Å². The summed E-state index contributed by atoms with van der Waals surface area (Å²) in [6.07, 6.45) is -0.268. The Morgan fingerprint density at radius 3 is 2.50 bits per heavy atom. The molecule has 3 nitrogen and oxygen atoms in total. The molecule has 0 aromatic heterocycles. The summed E-state index contributed by atoms with van der Waals surface area (Å²) in [4.78, 5) is 0. The molecule has 0 aromatic rings. The molecule has 0 saturated heterocycles. The molecule has 0 radical (unpaired) electrons. The van der Waals surface area contributed by atoms with Crippen molar-refractivity contribution in [1.29, 1.82) is 0 Å². The molecule has 0 fully saturated rings. The van der Waals surface area contributed by atoms with E-state index in [-0.39, 0.29) is 6.10 Å². The third-order valence-electron chi connectivity index (χ3n) is 1.31. The van der Waals surface area contributed by atoms with E-state index in [1.165, 1.54) is 0 Å². The highest BCUT2D eigenvalue weighted by molar-refractivity contribution is 4.51. The molecular weight excluding hydrogens is 154 g/mol. The molecule has 12 heavy (non-hydrogen) atoms. The Bertz CT molecular complexity index is 82.5. The van der Waals surface area contributed by atoms with Gasteiger partial charge < -0.3 is 15.2 Å². The molecule has 0 aromatic carbocycles. The van der Waals surface area contributed by atoms with Crippen molar-refractivity contribution in [2.45, 2.75) is 26.9 Å². The van der Waals surface area contributed by atoms with Gasteiger partial charge in [0.05, 0.1) is 12.7 Å². The van der Waals surface area contributed by atoms with Gasteiger partial charge in [-0.1, -0.05) is 13.8 Å². The fourth-order valence-corrected chi connectivity index (χ4v) is 0.774. The van der Waals surface area contributed by atoms with Crippen LogP contribution in [0.2, 0.25) is 0 Å². The minimum atomic E-state index is -0.268. The fourth-order valence-electron chi connectivity index (χ4n) is 0.774. The van der Waals surface area contributed by atoms with Crippen molar-refractivity contribution in [3.63, 3.8) is 0 Å². The fraction of sp³-hybridized carbons (Fsp3) is 1.00.